The van der Waals surface area contributed by atoms with E-state index in [2.05, 4.69) is 0 Å². The number of esters is 1. The molecule has 1 saturated carbocycles. The maximum atomic E-state index is 11.4. The van der Waals surface area contributed by atoms with Crippen LogP contribution in [0.4, 0.5) is 11.4 Å². The topological polar surface area (TPSA) is 78.3 Å². The number of rotatable bonds is 4. The number of anilines is 2. The van der Waals surface area contributed by atoms with Crippen LogP contribution in [0.25, 0.3) is 0 Å². The first kappa shape index (κ1) is 10.8. The zero-order chi connectivity index (χ0) is 11.5. The van der Waals surface area contributed by atoms with Crippen molar-refractivity contribution in [2.45, 2.75) is 25.9 Å². The van der Waals surface area contributed by atoms with Crippen LogP contribution in [0.3, 0.4) is 0 Å². The van der Waals surface area contributed by atoms with Gasteiger partial charge in [-0.25, -0.2) is 0 Å². The third-order valence-electron chi connectivity index (χ3n) is 2.59. The summed E-state index contributed by atoms with van der Waals surface area (Å²) in [5.41, 5.74) is 13.3. The fraction of sp³-hybridized carbons (Fsp3) is 0.417. The van der Waals surface area contributed by atoms with Gasteiger partial charge in [0.05, 0.1) is 0 Å². The summed E-state index contributed by atoms with van der Waals surface area (Å²) in [6.07, 6.45) is 2.85. The molecular weight excluding hydrogens is 204 g/mol. The van der Waals surface area contributed by atoms with Crippen LogP contribution in [0.1, 0.15) is 24.8 Å². The maximum Gasteiger partial charge on any atom is 0.306 e. The molecule has 0 spiro atoms. The lowest BCUT2D eigenvalue weighted by Crippen LogP contribution is -2.05. The summed E-state index contributed by atoms with van der Waals surface area (Å²) < 4.78 is 5.14. The Kier molecular flexibility index (Phi) is 2.99. The van der Waals surface area contributed by atoms with E-state index in [9.17, 15) is 4.79 Å². The second-order valence-corrected chi connectivity index (χ2v) is 4.32. The Morgan fingerprint density at radius 1 is 1.25 bits per heavy atom. The second-order valence-electron chi connectivity index (χ2n) is 4.32. The smallest absolute Gasteiger partial charge is 0.306 e. The van der Waals surface area contributed by atoms with Crippen molar-refractivity contribution in [3.8, 4) is 0 Å². The van der Waals surface area contributed by atoms with Gasteiger partial charge in [-0.05, 0) is 42.5 Å². The summed E-state index contributed by atoms with van der Waals surface area (Å²) in [4.78, 5) is 11.4. The lowest BCUT2D eigenvalue weighted by molar-refractivity contribution is -0.145. The van der Waals surface area contributed by atoms with Crippen molar-refractivity contribution >= 4 is 17.3 Å². The van der Waals surface area contributed by atoms with Crippen LogP contribution in [0.2, 0.25) is 0 Å². The van der Waals surface area contributed by atoms with Gasteiger partial charge < -0.3 is 16.2 Å². The van der Waals surface area contributed by atoms with Crippen molar-refractivity contribution in [2.24, 2.45) is 5.92 Å². The molecule has 1 aromatic carbocycles. The van der Waals surface area contributed by atoms with E-state index < -0.39 is 0 Å². The number of ether oxygens (including phenoxy) is 1. The Bertz CT molecular complexity index is 380. The van der Waals surface area contributed by atoms with E-state index in [1.807, 2.05) is 0 Å². The fourth-order valence-electron chi connectivity index (χ4n) is 1.61. The molecule has 0 unspecified atom stereocenters. The minimum Gasteiger partial charge on any atom is -0.461 e. The highest BCUT2D eigenvalue weighted by molar-refractivity contribution is 5.70. The van der Waals surface area contributed by atoms with Crippen LogP contribution in [0.15, 0.2) is 18.2 Å². The molecule has 16 heavy (non-hydrogen) atoms. The van der Waals surface area contributed by atoms with Crippen molar-refractivity contribution in [3.05, 3.63) is 23.8 Å². The molecule has 0 atom stereocenters. The molecule has 0 aliphatic heterocycles. The monoisotopic (exact) mass is 220 g/mol. The number of nitrogen functional groups attached to an aromatic ring is 2. The third-order valence-corrected chi connectivity index (χ3v) is 2.59. The predicted molar refractivity (Wildman–Crippen MR) is 62.4 cm³/mol. The van der Waals surface area contributed by atoms with Gasteiger partial charge in [0.2, 0.25) is 0 Å². The van der Waals surface area contributed by atoms with E-state index in [0.29, 0.717) is 23.7 Å². The largest absolute Gasteiger partial charge is 0.461 e. The Morgan fingerprint density at radius 3 is 2.44 bits per heavy atom. The molecule has 2 rings (SSSR count). The zero-order valence-corrected chi connectivity index (χ0v) is 9.11. The van der Waals surface area contributed by atoms with Gasteiger partial charge in [-0.3, -0.25) is 4.79 Å². The maximum absolute atomic E-state index is 11.4. The predicted octanol–water partition coefficient (Wildman–Crippen LogP) is 1.69. The van der Waals surface area contributed by atoms with Gasteiger partial charge >= 0.3 is 5.97 Å². The second kappa shape index (κ2) is 4.43. The lowest BCUT2D eigenvalue weighted by Gasteiger charge is -2.06. The van der Waals surface area contributed by atoms with Crippen molar-refractivity contribution < 1.29 is 9.53 Å². The SMILES string of the molecule is Nc1cc(N)cc(COC(=O)CC2CC2)c1. The molecule has 1 fully saturated rings. The van der Waals surface area contributed by atoms with Crippen molar-refractivity contribution in [1.82, 2.24) is 0 Å². The Morgan fingerprint density at radius 2 is 1.88 bits per heavy atom. The van der Waals surface area contributed by atoms with E-state index in [1.165, 1.54) is 0 Å². The molecule has 0 saturated heterocycles. The Hall–Kier alpha value is -1.71. The van der Waals surface area contributed by atoms with Gasteiger partial charge in [-0.1, -0.05) is 0 Å². The lowest BCUT2D eigenvalue weighted by atomic mass is 10.2. The van der Waals surface area contributed by atoms with Crippen LogP contribution in [-0.2, 0) is 16.1 Å². The van der Waals surface area contributed by atoms with Gasteiger partial charge in [0.1, 0.15) is 6.61 Å². The number of nitrogens with two attached hydrogens (primary N) is 2. The molecule has 86 valence electrons. The first-order valence-corrected chi connectivity index (χ1v) is 5.44. The molecular formula is C12H16N2O2. The number of carbonyl (C=O) groups is 1. The molecule has 0 heterocycles. The van der Waals surface area contributed by atoms with E-state index in [-0.39, 0.29) is 12.6 Å². The summed E-state index contributed by atoms with van der Waals surface area (Å²) >= 11 is 0. The van der Waals surface area contributed by atoms with E-state index in [4.69, 9.17) is 16.2 Å². The van der Waals surface area contributed by atoms with E-state index in [1.54, 1.807) is 18.2 Å². The van der Waals surface area contributed by atoms with Crippen LogP contribution in [-0.4, -0.2) is 5.97 Å². The minimum atomic E-state index is -0.136. The molecule has 4 nitrogen and oxygen atoms in total. The highest BCUT2D eigenvalue weighted by Crippen LogP contribution is 2.32. The standard InChI is InChI=1S/C12H16N2O2/c13-10-3-9(4-11(14)6-10)7-16-12(15)5-8-1-2-8/h3-4,6,8H,1-2,5,7,13-14H2. The summed E-state index contributed by atoms with van der Waals surface area (Å²) in [5.74, 6) is 0.418. The third kappa shape index (κ3) is 3.15. The van der Waals surface area contributed by atoms with Gasteiger partial charge in [0.25, 0.3) is 0 Å². The first-order chi connectivity index (χ1) is 7.63. The van der Waals surface area contributed by atoms with E-state index in [0.717, 1.165) is 18.4 Å². The molecule has 0 aromatic heterocycles. The number of hydrogen-bond acceptors (Lipinski definition) is 4. The number of hydrogen-bond donors (Lipinski definition) is 2. The van der Waals surface area contributed by atoms with Crippen LogP contribution < -0.4 is 11.5 Å². The molecule has 0 bridgehead atoms. The van der Waals surface area contributed by atoms with Crippen molar-refractivity contribution in [3.63, 3.8) is 0 Å². The molecule has 0 amide bonds. The zero-order valence-electron chi connectivity index (χ0n) is 9.11. The van der Waals surface area contributed by atoms with Gasteiger partial charge in [0, 0.05) is 17.8 Å². The van der Waals surface area contributed by atoms with Crippen LogP contribution >= 0.6 is 0 Å². The molecule has 1 aromatic rings. The summed E-state index contributed by atoms with van der Waals surface area (Å²) in [6.45, 7) is 0.251. The van der Waals surface area contributed by atoms with Crippen LogP contribution in [0, 0.1) is 5.92 Å². The Labute approximate surface area is 94.6 Å². The first-order valence-electron chi connectivity index (χ1n) is 5.44. The normalized spacial score (nSPS) is 14.8. The molecule has 4 N–H and O–H groups in total. The molecule has 1 aliphatic rings. The summed E-state index contributed by atoms with van der Waals surface area (Å²) in [7, 11) is 0. The van der Waals surface area contributed by atoms with Crippen molar-refractivity contribution in [1.29, 1.82) is 0 Å². The van der Waals surface area contributed by atoms with Crippen LogP contribution in [0.5, 0.6) is 0 Å². The van der Waals surface area contributed by atoms with Gasteiger partial charge in [-0.15, -0.1) is 0 Å². The summed E-state index contributed by atoms with van der Waals surface area (Å²) in [6, 6.07) is 5.21. The van der Waals surface area contributed by atoms with E-state index >= 15 is 0 Å². The van der Waals surface area contributed by atoms with Gasteiger partial charge in [0.15, 0.2) is 0 Å². The average Bonchev–Trinajstić information content (AvgIpc) is 2.97. The quantitative estimate of drug-likeness (QED) is 0.598. The molecule has 4 heteroatoms. The highest BCUT2D eigenvalue weighted by atomic mass is 16.5. The summed E-state index contributed by atoms with van der Waals surface area (Å²) in [5, 5.41) is 0. The Balaban J connectivity index is 1.85. The average molecular weight is 220 g/mol. The molecule has 1 aliphatic carbocycles. The van der Waals surface area contributed by atoms with Crippen molar-refractivity contribution in [2.75, 3.05) is 11.5 Å². The number of carbonyl (C=O) groups excluding carboxylic acids is 1. The van der Waals surface area contributed by atoms with Gasteiger partial charge in [-0.2, -0.15) is 0 Å². The minimum absolute atomic E-state index is 0.136. The molecule has 0 radical (unpaired) electrons. The highest BCUT2D eigenvalue weighted by Gasteiger charge is 2.25. The fourth-order valence-corrected chi connectivity index (χ4v) is 1.61. The number of benzene rings is 1.